The van der Waals surface area contributed by atoms with E-state index in [2.05, 4.69) is 20.5 Å². The first-order valence-electron chi connectivity index (χ1n) is 7.65. The standard InChI is InChI=1S/C16H15FN6O3/c1-10(15(25)26)23-8-12(6-19-23)14(24)20-16-18-9-22(21-16)7-11-4-2-3-5-13(11)17/h2-6,8-10H,7H2,1H3,(H,25,26)(H,20,21,24). The molecule has 3 aromatic rings. The van der Waals surface area contributed by atoms with E-state index in [4.69, 9.17) is 5.11 Å². The summed E-state index contributed by atoms with van der Waals surface area (Å²) in [6, 6.07) is 5.40. The van der Waals surface area contributed by atoms with Crippen molar-refractivity contribution >= 4 is 17.8 Å². The summed E-state index contributed by atoms with van der Waals surface area (Å²) >= 11 is 0. The van der Waals surface area contributed by atoms with Crippen molar-refractivity contribution in [2.75, 3.05) is 5.32 Å². The van der Waals surface area contributed by atoms with Crippen LogP contribution < -0.4 is 5.32 Å². The summed E-state index contributed by atoms with van der Waals surface area (Å²) in [5, 5.41) is 19.4. The Morgan fingerprint density at radius 1 is 1.35 bits per heavy atom. The third-order valence-electron chi connectivity index (χ3n) is 3.67. The minimum absolute atomic E-state index is 0.0466. The highest BCUT2D eigenvalue weighted by Crippen LogP contribution is 2.10. The molecule has 0 aliphatic rings. The van der Waals surface area contributed by atoms with Crippen LogP contribution in [0.1, 0.15) is 28.9 Å². The second-order valence-corrected chi connectivity index (χ2v) is 5.53. The average molecular weight is 358 g/mol. The summed E-state index contributed by atoms with van der Waals surface area (Å²) in [6.45, 7) is 1.62. The lowest BCUT2D eigenvalue weighted by Crippen LogP contribution is -2.16. The van der Waals surface area contributed by atoms with Crippen molar-refractivity contribution in [2.45, 2.75) is 19.5 Å². The van der Waals surface area contributed by atoms with Gasteiger partial charge in [0.25, 0.3) is 5.91 Å². The first-order chi connectivity index (χ1) is 12.4. The molecule has 2 N–H and O–H groups in total. The zero-order chi connectivity index (χ0) is 18.7. The van der Waals surface area contributed by atoms with Crippen molar-refractivity contribution in [3.05, 3.63) is 59.9 Å². The zero-order valence-corrected chi connectivity index (χ0v) is 13.7. The van der Waals surface area contributed by atoms with Crippen LogP contribution >= 0.6 is 0 Å². The highest BCUT2D eigenvalue weighted by molar-refractivity contribution is 6.02. The van der Waals surface area contributed by atoms with Crippen LogP contribution in [0, 0.1) is 5.82 Å². The van der Waals surface area contributed by atoms with Crippen molar-refractivity contribution in [1.82, 2.24) is 24.5 Å². The molecule has 10 heteroatoms. The number of carbonyl (C=O) groups is 2. The van der Waals surface area contributed by atoms with E-state index in [0.29, 0.717) is 5.56 Å². The number of nitrogens with one attached hydrogen (secondary N) is 1. The minimum Gasteiger partial charge on any atom is -0.480 e. The number of benzene rings is 1. The van der Waals surface area contributed by atoms with Crippen molar-refractivity contribution in [1.29, 1.82) is 0 Å². The molecule has 0 saturated carbocycles. The van der Waals surface area contributed by atoms with Crippen LogP contribution in [0.5, 0.6) is 0 Å². The van der Waals surface area contributed by atoms with Gasteiger partial charge in [0, 0.05) is 11.8 Å². The summed E-state index contributed by atoms with van der Waals surface area (Å²) < 4.78 is 16.2. The molecule has 26 heavy (non-hydrogen) atoms. The maximum absolute atomic E-state index is 13.7. The van der Waals surface area contributed by atoms with Gasteiger partial charge in [-0.1, -0.05) is 18.2 Å². The number of carboxylic acids is 1. The largest absolute Gasteiger partial charge is 0.480 e. The Morgan fingerprint density at radius 2 is 2.12 bits per heavy atom. The predicted molar refractivity (Wildman–Crippen MR) is 88.1 cm³/mol. The summed E-state index contributed by atoms with van der Waals surface area (Å²) in [5.74, 6) is -1.90. The number of hydrogen-bond donors (Lipinski definition) is 2. The first-order valence-corrected chi connectivity index (χ1v) is 7.65. The van der Waals surface area contributed by atoms with Crippen LogP contribution in [-0.4, -0.2) is 41.5 Å². The van der Waals surface area contributed by atoms with Crippen molar-refractivity contribution < 1.29 is 19.1 Å². The molecule has 0 radical (unpaired) electrons. The Morgan fingerprint density at radius 3 is 2.85 bits per heavy atom. The van der Waals surface area contributed by atoms with E-state index in [1.165, 1.54) is 41.1 Å². The van der Waals surface area contributed by atoms with Crippen molar-refractivity contribution in [3.63, 3.8) is 0 Å². The zero-order valence-electron chi connectivity index (χ0n) is 13.7. The van der Waals surface area contributed by atoms with Gasteiger partial charge < -0.3 is 5.11 Å². The molecule has 3 rings (SSSR count). The summed E-state index contributed by atoms with van der Waals surface area (Å²) in [4.78, 5) is 27.1. The van der Waals surface area contributed by atoms with E-state index < -0.39 is 17.9 Å². The van der Waals surface area contributed by atoms with E-state index in [-0.39, 0.29) is 23.9 Å². The third kappa shape index (κ3) is 3.74. The lowest BCUT2D eigenvalue weighted by atomic mass is 10.2. The number of anilines is 1. The summed E-state index contributed by atoms with van der Waals surface area (Å²) in [7, 11) is 0. The lowest BCUT2D eigenvalue weighted by molar-refractivity contribution is -0.140. The van der Waals surface area contributed by atoms with E-state index >= 15 is 0 Å². The molecular weight excluding hydrogens is 343 g/mol. The fourth-order valence-corrected chi connectivity index (χ4v) is 2.18. The molecule has 1 amide bonds. The molecule has 0 spiro atoms. The molecule has 0 saturated heterocycles. The van der Waals surface area contributed by atoms with E-state index in [0.717, 1.165) is 0 Å². The van der Waals surface area contributed by atoms with Gasteiger partial charge in [-0.25, -0.2) is 18.9 Å². The van der Waals surface area contributed by atoms with Gasteiger partial charge in [0.2, 0.25) is 5.95 Å². The number of rotatable bonds is 6. The third-order valence-corrected chi connectivity index (χ3v) is 3.67. The highest BCUT2D eigenvalue weighted by Gasteiger charge is 2.17. The fraction of sp³-hybridized carbons (Fsp3) is 0.188. The van der Waals surface area contributed by atoms with E-state index in [9.17, 15) is 14.0 Å². The number of nitrogens with zero attached hydrogens (tertiary/aromatic N) is 5. The van der Waals surface area contributed by atoms with Gasteiger partial charge in [-0.3, -0.25) is 14.8 Å². The quantitative estimate of drug-likeness (QED) is 0.691. The SMILES string of the molecule is CC(C(=O)O)n1cc(C(=O)Nc2ncn(Cc3ccccc3F)n2)cn1. The van der Waals surface area contributed by atoms with Gasteiger partial charge in [0.15, 0.2) is 0 Å². The average Bonchev–Trinajstić information content (AvgIpc) is 3.26. The first kappa shape index (κ1) is 17.3. The molecule has 0 aliphatic carbocycles. The summed E-state index contributed by atoms with van der Waals surface area (Å²) in [5.41, 5.74) is 0.614. The minimum atomic E-state index is -1.06. The van der Waals surface area contributed by atoms with E-state index in [1.807, 2.05) is 0 Å². The smallest absolute Gasteiger partial charge is 0.328 e. The van der Waals surface area contributed by atoms with Crippen LogP contribution in [0.25, 0.3) is 0 Å². The Kier molecular flexibility index (Phi) is 4.74. The van der Waals surface area contributed by atoms with E-state index in [1.54, 1.807) is 18.2 Å². The van der Waals surface area contributed by atoms with Gasteiger partial charge in [0.1, 0.15) is 18.2 Å². The van der Waals surface area contributed by atoms with Crippen LogP contribution in [0.3, 0.4) is 0 Å². The summed E-state index contributed by atoms with van der Waals surface area (Å²) in [6.07, 6.45) is 3.95. The monoisotopic (exact) mass is 358 g/mol. The normalized spacial score (nSPS) is 11.9. The van der Waals surface area contributed by atoms with Crippen molar-refractivity contribution in [2.24, 2.45) is 0 Å². The van der Waals surface area contributed by atoms with Crippen LogP contribution in [0.4, 0.5) is 10.3 Å². The Labute approximate surface area is 147 Å². The number of aromatic nitrogens is 5. The molecule has 1 unspecified atom stereocenters. The second kappa shape index (κ2) is 7.13. The van der Waals surface area contributed by atoms with Crippen LogP contribution in [0.15, 0.2) is 43.0 Å². The number of aliphatic carboxylic acids is 1. The lowest BCUT2D eigenvalue weighted by Gasteiger charge is -2.05. The Balaban J connectivity index is 1.66. The van der Waals surface area contributed by atoms with Crippen molar-refractivity contribution in [3.8, 4) is 0 Å². The number of carbonyl (C=O) groups excluding carboxylic acids is 1. The number of carboxylic acid groups (broad SMARTS) is 1. The molecule has 0 fully saturated rings. The van der Waals surface area contributed by atoms with Gasteiger partial charge in [-0.2, -0.15) is 5.10 Å². The molecule has 0 aliphatic heterocycles. The van der Waals surface area contributed by atoms with Gasteiger partial charge >= 0.3 is 5.97 Å². The number of halogens is 1. The molecule has 0 bridgehead atoms. The predicted octanol–water partition coefficient (Wildman–Crippen LogP) is 1.56. The highest BCUT2D eigenvalue weighted by atomic mass is 19.1. The molecular formula is C16H15FN6O3. The van der Waals surface area contributed by atoms with Gasteiger partial charge in [0.05, 0.1) is 18.3 Å². The Bertz CT molecular complexity index is 951. The van der Waals surface area contributed by atoms with Crippen LogP contribution in [-0.2, 0) is 11.3 Å². The number of amides is 1. The van der Waals surface area contributed by atoms with Gasteiger partial charge in [-0.05, 0) is 13.0 Å². The molecule has 2 aromatic heterocycles. The topological polar surface area (TPSA) is 115 Å². The number of hydrogen-bond acceptors (Lipinski definition) is 5. The Hall–Kier alpha value is -3.56. The molecule has 1 aromatic carbocycles. The fourth-order valence-electron chi connectivity index (χ4n) is 2.18. The van der Waals surface area contributed by atoms with Crippen LogP contribution in [0.2, 0.25) is 0 Å². The molecule has 9 nitrogen and oxygen atoms in total. The molecule has 134 valence electrons. The maximum Gasteiger partial charge on any atom is 0.328 e. The molecule has 2 heterocycles. The molecule has 1 atom stereocenters. The van der Waals surface area contributed by atoms with Gasteiger partial charge in [-0.15, -0.1) is 5.10 Å². The second-order valence-electron chi connectivity index (χ2n) is 5.53. The maximum atomic E-state index is 13.7.